The minimum Gasteiger partial charge on any atom is -0.297 e. The molecule has 0 aromatic carbocycles. The van der Waals surface area contributed by atoms with Gasteiger partial charge in [0, 0.05) is 12.6 Å². The van der Waals surface area contributed by atoms with Gasteiger partial charge in [-0.25, -0.2) is 0 Å². The van der Waals surface area contributed by atoms with Crippen LogP contribution in [0.3, 0.4) is 0 Å². The van der Waals surface area contributed by atoms with Crippen molar-refractivity contribution in [2.24, 2.45) is 0 Å². The topological polar surface area (TPSA) is 3.24 Å². The van der Waals surface area contributed by atoms with Gasteiger partial charge in [-0.1, -0.05) is 37.8 Å². The SMILES string of the molecule is C=C(/C=C\C=C/C)CN(CC)C(C)C. The maximum absolute atomic E-state index is 4.03. The summed E-state index contributed by atoms with van der Waals surface area (Å²) in [5, 5.41) is 0. The number of hydrogen-bond acceptors (Lipinski definition) is 1. The van der Waals surface area contributed by atoms with Gasteiger partial charge in [0.1, 0.15) is 0 Å². The van der Waals surface area contributed by atoms with Crippen LogP contribution in [0, 0.1) is 0 Å². The van der Waals surface area contributed by atoms with Gasteiger partial charge >= 0.3 is 0 Å². The van der Waals surface area contributed by atoms with Crippen molar-refractivity contribution < 1.29 is 0 Å². The van der Waals surface area contributed by atoms with Gasteiger partial charge in [-0.05, 0) is 32.9 Å². The molecule has 0 N–H and O–H groups in total. The normalized spacial score (nSPS) is 12.4. The van der Waals surface area contributed by atoms with Crippen molar-refractivity contribution in [3.05, 3.63) is 36.5 Å². The summed E-state index contributed by atoms with van der Waals surface area (Å²) < 4.78 is 0. The largest absolute Gasteiger partial charge is 0.297 e. The van der Waals surface area contributed by atoms with Gasteiger partial charge in [0.25, 0.3) is 0 Å². The maximum atomic E-state index is 4.03. The highest BCUT2D eigenvalue weighted by Gasteiger charge is 2.06. The molecule has 0 saturated heterocycles. The van der Waals surface area contributed by atoms with Gasteiger partial charge in [0.2, 0.25) is 0 Å². The summed E-state index contributed by atoms with van der Waals surface area (Å²) in [6, 6.07) is 0.590. The Kier molecular flexibility index (Phi) is 7.13. The van der Waals surface area contributed by atoms with Crippen molar-refractivity contribution in [1.29, 1.82) is 0 Å². The number of likely N-dealkylation sites (N-methyl/N-ethyl adjacent to an activating group) is 1. The van der Waals surface area contributed by atoms with Gasteiger partial charge in [-0.15, -0.1) is 0 Å². The average molecular weight is 193 g/mol. The second kappa shape index (κ2) is 7.57. The second-order valence-corrected chi connectivity index (χ2v) is 3.70. The van der Waals surface area contributed by atoms with Crippen molar-refractivity contribution in [3.8, 4) is 0 Å². The molecule has 0 aliphatic rings. The molecule has 1 heteroatoms. The van der Waals surface area contributed by atoms with E-state index in [1.54, 1.807) is 0 Å². The summed E-state index contributed by atoms with van der Waals surface area (Å²) >= 11 is 0. The van der Waals surface area contributed by atoms with E-state index in [-0.39, 0.29) is 0 Å². The highest BCUT2D eigenvalue weighted by Crippen LogP contribution is 2.03. The van der Waals surface area contributed by atoms with Crippen LogP contribution < -0.4 is 0 Å². The molecule has 0 bridgehead atoms. The third kappa shape index (κ3) is 5.76. The number of rotatable bonds is 6. The zero-order valence-electron chi connectivity index (χ0n) is 9.96. The Bertz CT molecular complexity index is 211. The fourth-order valence-electron chi connectivity index (χ4n) is 1.28. The molecule has 0 atom stereocenters. The predicted octanol–water partition coefficient (Wildman–Crippen LogP) is 3.41. The van der Waals surface area contributed by atoms with Crippen molar-refractivity contribution in [2.45, 2.75) is 33.7 Å². The Morgan fingerprint density at radius 2 is 2.00 bits per heavy atom. The molecule has 0 amide bonds. The zero-order chi connectivity index (χ0) is 11.0. The molecule has 0 heterocycles. The van der Waals surface area contributed by atoms with Crippen LogP contribution in [-0.4, -0.2) is 24.0 Å². The molecule has 0 fully saturated rings. The van der Waals surface area contributed by atoms with E-state index >= 15 is 0 Å². The van der Waals surface area contributed by atoms with Gasteiger partial charge in [-0.2, -0.15) is 0 Å². The molecule has 80 valence electrons. The lowest BCUT2D eigenvalue weighted by Gasteiger charge is -2.24. The van der Waals surface area contributed by atoms with E-state index < -0.39 is 0 Å². The molecule has 0 aromatic heterocycles. The Labute approximate surface area is 88.8 Å². The van der Waals surface area contributed by atoms with Crippen molar-refractivity contribution in [1.82, 2.24) is 4.90 Å². The van der Waals surface area contributed by atoms with E-state index in [1.165, 1.54) is 5.57 Å². The van der Waals surface area contributed by atoms with Crippen molar-refractivity contribution in [3.63, 3.8) is 0 Å². The Balaban J connectivity index is 4.03. The zero-order valence-corrected chi connectivity index (χ0v) is 9.96. The average Bonchev–Trinajstić information content (AvgIpc) is 2.14. The third-order valence-corrected chi connectivity index (χ3v) is 2.18. The highest BCUT2D eigenvalue weighted by atomic mass is 15.1. The number of hydrogen-bond donors (Lipinski definition) is 0. The first kappa shape index (κ1) is 13.2. The maximum Gasteiger partial charge on any atom is 0.0230 e. The van der Waals surface area contributed by atoms with Gasteiger partial charge < -0.3 is 0 Å². The van der Waals surface area contributed by atoms with Gasteiger partial charge in [0.05, 0.1) is 0 Å². The molecule has 0 aliphatic heterocycles. The molecule has 0 unspecified atom stereocenters. The fourth-order valence-corrected chi connectivity index (χ4v) is 1.28. The van der Waals surface area contributed by atoms with E-state index in [4.69, 9.17) is 0 Å². The smallest absolute Gasteiger partial charge is 0.0230 e. The molecule has 14 heavy (non-hydrogen) atoms. The van der Waals surface area contributed by atoms with Gasteiger partial charge in [-0.3, -0.25) is 4.90 Å². The van der Waals surface area contributed by atoms with E-state index in [2.05, 4.69) is 38.3 Å². The van der Waals surface area contributed by atoms with Crippen LogP contribution in [0.1, 0.15) is 27.7 Å². The summed E-state index contributed by atoms with van der Waals surface area (Å²) in [6.07, 6.45) is 8.15. The lowest BCUT2D eigenvalue weighted by atomic mass is 10.2. The minimum atomic E-state index is 0.590. The first-order valence-corrected chi connectivity index (χ1v) is 5.33. The summed E-state index contributed by atoms with van der Waals surface area (Å²) in [5.74, 6) is 0. The minimum absolute atomic E-state index is 0.590. The summed E-state index contributed by atoms with van der Waals surface area (Å²) in [7, 11) is 0. The fraction of sp³-hybridized carbons (Fsp3) is 0.538. The van der Waals surface area contributed by atoms with Crippen molar-refractivity contribution in [2.75, 3.05) is 13.1 Å². The van der Waals surface area contributed by atoms with Crippen LogP contribution >= 0.6 is 0 Å². The predicted molar refractivity (Wildman–Crippen MR) is 65.5 cm³/mol. The molecule has 1 nitrogen and oxygen atoms in total. The molecule has 0 aliphatic carbocycles. The van der Waals surface area contributed by atoms with Crippen LogP contribution in [0.15, 0.2) is 36.5 Å². The summed E-state index contributed by atoms with van der Waals surface area (Å²) in [4.78, 5) is 2.39. The Morgan fingerprint density at radius 1 is 1.36 bits per heavy atom. The highest BCUT2D eigenvalue weighted by molar-refractivity contribution is 5.20. The number of nitrogens with zero attached hydrogens (tertiary/aromatic N) is 1. The van der Waals surface area contributed by atoms with E-state index in [0.29, 0.717) is 6.04 Å². The first-order valence-electron chi connectivity index (χ1n) is 5.33. The molecular formula is C13H23N. The van der Waals surface area contributed by atoms with Gasteiger partial charge in [0.15, 0.2) is 0 Å². The molecule has 0 radical (unpaired) electrons. The molecule has 0 aromatic rings. The standard InChI is InChI=1S/C13H23N/c1-6-8-9-10-13(5)11-14(7-2)12(3)4/h6,8-10,12H,5,7,11H2,1-4H3/b8-6-,10-9-. The first-order chi connectivity index (χ1) is 6.61. The second-order valence-electron chi connectivity index (χ2n) is 3.70. The Morgan fingerprint density at radius 3 is 2.43 bits per heavy atom. The van der Waals surface area contributed by atoms with E-state index in [1.807, 2.05) is 25.2 Å². The quantitative estimate of drug-likeness (QED) is 0.584. The molecule has 0 saturated carbocycles. The lowest BCUT2D eigenvalue weighted by Crippen LogP contribution is -2.31. The van der Waals surface area contributed by atoms with Crippen LogP contribution in [0.25, 0.3) is 0 Å². The summed E-state index contributed by atoms with van der Waals surface area (Å²) in [5.41, 5.74) is 1.17. The van der Waals surface area contributed by atoms with Crippen LogP contribution in [0.4, 0.5) is 0 Å². The molecular weight excluding hydrogens is 170 g/mol. The lowest BCUT2D eigenvalue weighted by molar-refractivity contribution is 0.256. The summed E-state index contributed by atoms with van der Waals surface area (Å²) in [6.45, 7) is 14.7. The van der Waals surface area contributed by atoms with E-state index in [0.717, 1.165) is 13.1 Å². The van der Waals surface area contributed by atoms with Crippen LogP contribution in [0.2, 0.25) is 0 Å². The number of allylic oxidation sites excluding steroid dienone is 3. The van der Waals surface area contributed by atoms with E-state index in [9.17, 15) is 0 Å². The van der Waals surface area contributed by atoms with Crippen LogP contribution in [-0.2, 0) is 0 Å². The Hall–Kier alpha value is -0.820. The van der Waals surface area contributed by atoms with Crippen molar-refractivity contribution >= 4 is 0 Å². The third-order valence-electron chi connectivity index (χ3n) is 2.18. The monoisotopic (exact) mass is 193 g/mol. The molecule has 0 spiro atoms. The van der Waals surface area contributed by atoms with Crippen LogP contribution in [0.5, 0.6) is 0 Å². The molecule has 0 rings (SSSR count).